The second-order valence-corrected chi connectivity index (χ2v) is 4.87. The standard InChI is InChI=1S/C12H20N2O4/c1-7(2)6-9(12(17)18-3)14-11(16)8-4-5-10(15)13-8/h7-9H,4-6H2,1-3H3,(H,13,15)(H,14,16)/t8-,9-/m0/s1. The summed E-state index contributed by atoms with van der Waals surface area (Å²) in [5.41, 5.74) is 0. The van der Waals surface area contributed by atoms with E-state index in [9.17, 15) is 14.4 Å². The van der Waals surface area contributed by atoms with Crippen LogP contribution < -0.4 is 10.6 Å². The maximum absolute atomic E-state index is 11.9. The number of carbonyl (C=O) groups excluding carboxylic acids is 3. The molecule has 6 nitrogen and oxygen atoms in total. The molecule has 0 saturated carbocycles. The molecule has 1 rings (SSSR count). The quantitative estimate of drug-likeness (QED) is 0.676. The molecule has 1 saturated heterocycles. The van der Waals surface area contributed by atoms with Crippen LogP contribution in [0.5, 0.6) is 0 Å². The van der Waals surface area contributed by atoms with Crippen molar-refractivity contribution in [1.82, 2.24) is 10.6 Å². The number of ether oxygens (including phenoxy) is 1. The van der Waals surface area contributed by atoms with E-state index in [1.807, 2.05) is 13.8 Å². The zero-order chi connectivity index (χ0) is 13.7. The van der Waals surface area contributed by atoms with Gasteiger partial charge in [-0.3, -0.25) is 9.59 Å². The highest BCUT2D eigenvalue weighted by Crippen LogP contribution is 2.10. The van der Waals surface area contributed by atoms with Gasteiger partial charge in [-0.15, -0.1) is 0 Å². The Bertz CT molecular complexity index is 341. The fraction of sp³-hybridized carbons (Fsp3) is 0.750. The Labute approximate surface area is 106 Å². The van der Waals surface area contributed by atoms with Crippen LogP contribution in [0.4, 0.5) is 0 Å². The number of hydrogen-bond acceptors (Lipinski definition) is 4. The summed E-state index contributed by atoms with van der Waals surface area (Å²) < 4.78 is 4.66. The van der Waals surface area contributed by atoms with Crippen molar-refractivity contribution in [3.8, 4) is 0 Å². The van der Waals surface area contributed by atoms with Crippen LogP contribution >= 0.6 is 0 Å². The maximum atomic E-state index is 11.9. The Hall–Kier alpha value is -1.59. The molecule has 1 heterocycles. The van der Waals surface area contributed by atoms with Gasteiger partial charge in [-0.25, -0.2) is 4.79 Å². The second-order valence-electron chi connectivity index (χ2n) is 4.87. The summed E-state index contributed by atoms with van der Waals surface area (Å²) in [5, 5.41) is 5.20. The number of methoxy groups -OCH3 is 1. The Balaban J connectivity index is 2.56. The lowest BCUT2D eigenvalue weighted by molar-refractivity contribution is -0.145. The van der Waals surface area contributed by atoms with E-state index in [4.69, 9.17) is 0 Å². The minimum atomic E-state index is -0.653. The van der Waals surface area contributed by atoms with E-state index < -0.39 is 18.1 Å². The summed E-state index contributed by atoms with van der Waals surface area (Å²) in [6.07, 6.45) is 1.34. The second kappa shape index (κ2) is 6.37. The molecule has 6 heteroatoms. The molecule has 18 heavy (non-hydrogen) atoms. The molecule has 0 unspecified atom stereocenters. The Morgan fingerprint density at radius 2 is 2.17 bits per heavy atom. The van der Waals surface area contributed by atoms with Crippen molar-refractivity contribution in [2.75, 3.05) is 7.11 Å². The Morgan fingerprint density at radius 3 is 2.61 bits per heavy atom. The SMILES string of the molecule is COC(=O)[C@H](CC(C)C)NC(=O)[C@@H]1CCC(=O)N1. The van der Waals surface area contributed by atoms with Gasteiger partial charge in [0.15, 0.2) is 0 Å². The van der Waals surface area contributed by atoms with Crippen LogP contribution in [0.1, 0.15) is 33.1 Å². The molecule has 0 aromatic rings. The zero-order valence-electron chi connectivity index (χ0n) is 11.0. The topological polar surface area (TPSA) is 84.5 Å². The highest BCUT2D eigenvalue weighted by Gasteiger charge is 2.30. The monoisotopic (exact) mass is 256 g/mol. The number of nitrogens with one attached hydrogen (secondary N) is 2. The molecule has 0 aliphatic carbocycles. The minimum absolute atomic E-state index is 0.131. The molecule has 0 bridgehead atoms. The van der Waals surface area contributed by atoms with Crippen LogP contribution in [0, 0.1) is 5.92 Å². The van der Waals surface area contributed by atoms with Gasteiger partial charge in [0, 0.05) is 6.42 Å². The van der Waals surface area contributed by atoms with Crippen molar-refractivity contribution >= 4 is 17.8 Å². The number of hydrogen-bond donors (Lipinski definition) is 2. The van der Waals surface area contributed by atoms with E-state index in [0.717, 1.165) is 0 Å². The maximum Gasteiger partial charge on any atom is 0.328 e. The Morgan fingerprint density at radius 1 is 1.50 bits per heavy atom. The van der Waals surface area contributed by atoms with Crippen LogP contribution in [0.25, 0.3) is 0 Å². The van der Waals surface area contributed by atoms with Crippen LogP contribution in [0.2, 0.25) is 0 Å². The van der Waals surface area contributed by atoms with Gasteiger partial charge < -0.3 is 15.4 Å². The molecule has 0 aromatic heterocycles. The minimum Gasteiger partial charge on any atom is -0.467 e. The first kappa shape index (κ1) is 14.5. The molecule has 2 atom stereocenters. The molecule has 0 radical (unpaired) electrons. The van der Waals surface area contributed by atoms with Crippen LogP contribution in [0.3, 0.4) is 0 Å². The highest BCUT2D eigenvalue weighted by molar-refractivity contribution is 5.93. The zero-order valence-corrected chi connectivity index (χ0v) is 11.0. The summed E-state index contributed by atoms with van der Waals surface area (Å²) in [5.74, 6) is -0.653. The smallest absolute Gasteiger partial charge is 0.328 e. The third-order valence-corrected chi connectivity index (χ3v) is 2.82. The molecule has 1 aliphatic rings. The average Bonchev–Trinajstić information content (AvgIpc) is 2.73. The predicted octanol–water partition coefficient (Wildman–Crippen LogP) is -0.0311. The third-order valence-electron chi connectivity index (χ3n) is 2.82. The first-order valence-corrected chi connectivity index (χ1v) is 6.11. The van der Waals surface area contributed by atoms with E-state index in [1.54, 1.807) is 0 Å². The highest BCUT2D eigenvalue weighted by atomic mass is 16.5. The molecule has 0 aromatic carbocycles. The third kappa shape index (κ3) is 4.01. The van der Waals surface area contributed by atoms with Crippen molar-refractivity contribution in [2.45, 2.75) is 45.2 Å². The number of carbonyl (C=O) groups is 3. The fourth-order valence-electron chi connectivity index (χ4n) is 1.91. The van der Waals surface area contributed by atoms with E-state index in [0.29, 0.717) is 19.3 Å². The van der Waals surface area contributed by atoms with Crippen LogP contribution in [0.15, 0.2) is 0 Å². The van der Waals surface area contributed by atoms with Crippen LogP contribution in [-0.4, -0.2) is 37.0 Å². The summed E-state index contributed by atoms with van der Waals surface area (Å²) in [6, 6.07) is -1.18. The molecule has 2 amide bonds. The van der Waals surface area contributed by atoms with Gasteiger partial charge in [-0.05, 0) is 18.8 Å². The molecular weight excluding hydrogens is 236 g/mol. The van der Waals surface area contributed by atoms with Gasteiger partial charge in [0.25, 0.3) is 0 Å². The molecule has 2 N–H and O–H groups in total. The Kier molecular flexibility index (Phi) is 5.12. The summed E-state index contributed by atoms with van der Waals surface area (Å²) in [6.45, 7) is 3.92. The van der Waals surface area contributed by atoms with Crippen molar-refractivity contribution in [1.29, 1.82) is 0 Å². The first-order chi connectivity index (χ1) is 8.43. The number of rotatable bonds is 5. The fourth-order valence-corrected chi connectivity index (χ4v) is 1.91. The van der Waals surface area contributed by atoms with Crippen LogP contribution in [-0.2, 0) is 19.1 Å². The summed E-state index contributed by atoms with van der Waals surface area (Å²) in [7, 11) is 1.29. The first-order valence-electron chi connectivity index (χ1n) is 6.11. The van der Waals surface area contributed by atoms with Gasteiger partial charge in [0.1, 0.15) is 12.1 Å². The number of esters is 1. The van der Waals surface area contributed by atoms with Gasteiger partial charge in [-0.2, -0.15) is 0 Å². The molecular formula is C12H20N2O4. The van der Waals surface area contributed by atoms with Gasteiger partial charge >= 0.3 is 5.97 Å². The lowest BCUT2D eigenvalue weighted by Crippen LogP contribution is -2.49. The summed E-state index contributed by atoms with van der Waals surface area (Å²) in [4.78, 5) is 34.4. The van der Waals surface area contributed by atoms with Crippen molar-refractivity contribution in [3.63, 3.8) is 0 Å². The largest absolute Gasteiger partial charge is 0.467 e. The number of amides is 2. The van der Waals surface area contributed by atoms with Crippen molar-refractivity contribution in [3.05, 3.63) is 0 Å². The molecule has 0 spiro atoms. The molecule has 1 fully saturated rings. The van der Waals surface area contributed by atoms with Crippen molar-refractivity contribution < 1.29 is 19.1 Å². The van der Waals surface area contributed by atoms with E-state index in [1.165, 1.54) is 7.11 Å². The van der Waals surface area contributed by atoms with Crippen molar-refractivity contribution in [2.24, 2.45) is 5.92 Å². The summed E-state index contributed by atoms with van der Waals surface area (Å²) >= 11 is 0. The normalized spacial score (nSPS) is 20.4. The van der Waals surface area contributed by atoms with E-state index in [2.05, 4.69) is 15.4 Å². The van der Waals surface area contributed by atoms with Gasteiger partial charge in [0.05, 0.1) is 7.11 Å². The lowest BCUT2D eigenvalue weighted by atomic mass is 10.0. The van der Waals surface area contributed by atoms with Gasteiger partial charge in [-0.1, -0.05) is 13.8 Å². The average molecular weight is 256 g/mol. The van der Waals surface area contributed by atoms with E-state index in [-0.39, 0.29) is 17.7 Å². The lowest BCUT2D eigenvalue weighted by Gasteiger charge is -2.20. The molecule has 1 aliphatic heterocycles. The molecule has 102 valence electrons. The van der Waals surface area contributed by atoms with Gasteiger partial charge in [0.2, 0.25) is 11.8 Å². The van der Waals surface area contributed by atoms with E-state index >= 15 is 0 Å². The predicted molar refractivity (Wildman–Crippen MR) is 64.6 cm³/mol.